The molecule has 0 radical (unpaired) electrons. The molecule has 2 aromatic heterocycles. The molecule has 1 saturated carbocycles. The van der Waals surface area contributed by atoms with Gasteiger partial charge in [0.05, 0.1) is 0 Å². The van der Waals surface area contributed by atoms with E-state index in [-0.39, 0.29) is 19.2 Å². The second-order valence-corrected chi connectivity index (χ2v) is 8.94. The fourth-order valence-electron chi connectivity index (χ4n) is 4.60. The van der Waals surface area contributed by atoms with Crippen LogP contribution < -0.4 is 9.47 Å². The zero-order chi connectivity index (χ0) is 22.2. The molecule has 1 aromatic carbocycles. The lowest BCUT2D eigenvalue weighted by Crippen LogP contribution is -2.49. The first-order valence-electron chi connectivity index (χ1n) is 11.6. The Hall–Kier alpha value is -3.33. The highest BCUT2D eigenvalue weighted by molar-refractivity contribution is 5.76. The third kappa shape index (κ3) is 4.08. The Labute approximate surface area is 191 Å². The minimum Gasteiger partial charge on any atom is -0.454 e. The molecule has 0 unspecified atom stereocenters. The number of nitrogens with zero attached hydrogens (tertiary/aromatic N) is 5. The number of hydrogen-bond acceptors (Lipinski definition) is 7. The molecule has 0 atom stereocenters. The average molecular weight is 450 g/mol. The highest BCUT2D eigenvalue weighted by Crippen LogP contribution is 2.36. The highest BCUT2D eigenvalue weighted by Gasteiger charge is 2.27. The molecule has 2 fully saturated rings. The molecule has 0 bridgehead atoms. The van der Waals surface area contributed by atoms with Crippen molar-refractivity contribution in [1.82, 2.24) is 24.6 Å². The molecule has 1 aliphatic carbocycles. The van der Waals surface area contributed by atoms with E-state index < -0.39 is 0 Å². The van der Waals surface area contributed by atoms with Crippen molar-refractivity contribution in [1.29, 1.82) is 0 Å². The van der Waals surface area contributed by atoms with Gasteiger partial charge in [0.1, 0.15) is 12.2 Å². The van der Waals surface area contributed by atoms with Crippen LogP contribution in [0.25, 0.3) is 11.6 Å². The monoisotopic (exact) mass is 449 g/mol. The lowest BCUT2D eigenvalue weighted by atomic mass is 9.85. The van der Waals surface area contributed by atoms with E-state index >= 15 is 0 Å². The van der Waals surface area contributed by atoms with E-state index in [2.05, 4.69) is 21.2 Å². The first kappa shape index (κ1) is 20.3. The summed E-state index contributed by atoms with van der Waals surface area (Å²) in [5, 5.41) is 8.45. The summed E-state index contributed by atoms with van der Waals surface area (Å²) in [5.41, 5.74) is 1.99. The van der Waals surface area contributed by atoms with Crippen molar-refractivity contribution in [3.05, 3.63) is 48.0 Å². The largest absolute Gasteiger partial charge is 0.454 e. The number of amides is 1. The van der Waals surface area contributed by atoms with Crippen molar-refractivity contribution >= 4 is 5.91 Å². The second-order valence-electron chi connectivity index (χ2n) is 8.94. The Kier molecular flexibility index (Phi) is 5.26. The molecular weight excluding hydrogens is 422 g/mol. The predicted octanol–water partition coefficient (Wildman–Crippen LogP) is 2.88. The van der Waals surface area contributed by atoms with Gasteiger partial charge >= 0.3 is 0 Å². The zero-order valence-corrected chi connectivity index (χ0v) is 18.5. The van der Waals surface area contributed by atoms with Gasteiger partial charge in [0.2, 0.25) is 18.6 Å². The minimum atomic E-state index is 0.105. The third-order valence-corrected chi connectivity index (χ3v) is 6.82. The number of hydrogen-bond donors (Lipinski definition) is 0. The van der Waals surface area contributed by atoms with Crippen LogP contribution in [-0.4, -0.2) is 63.4 Å². The summed E-state index contributed by atoms with van der Waals surface area (Å²) in [6.07, 6.45) is 5.34. The molecule has 1 amide bonds. The van der Waals surface area contributed by atoms with Crippen LogP contribution in [-0.2, 0) is 17.9 Å². The van der Waals surface area contributed by atoms with Crippen LogP contribution in [0.2, 0.25) is 0 Å². The molecule has 172 valence electrons. The standard InChI is InChI=1S/C24H27N5O4/c30-22(15-29-8-2-5-19(29)24-26-25-23(33-24)18-3-1-4-18)28-11-9-27(10-12-28)14-17-6-7-20-21(13-17)32-16-31-20/h2,5-8,13,18H,1,3-4,9-12,14-16H2. The number of benzene rings is 1. The molecule has 3 aliphatic rings. The first-order valence-corrected chi connectivity index (χ1v) is 11.6. The maximum atomic E-state index is 13.0. The number of piperazine rings is 1. The van der Waals surface area contributed by atoms with Gasteiger partial charge in [-0.2, -0.15) is 0 Å². The van der Waals surface area contributed by atoms with Crippen molar-refractivity contribution < 1.29 is 18.7 Å². The molecule has 2 aliphatic heterocycles. The van der Waals surface area contributed by atoms with E-state index in [0.717, 1.165) is 49.7 Å². The third-order valence-electron chi connectivity index (χ3n) is 6.82. The molecule has 4 heterocycles. The van der Waals surface area contributed by atoms with Gasteiger partial charge in [-0.3, -0.25) is 9.69 Å². The summed E-state index contributed by atoms with van der Waals surface area (Å²) in [6, 6.07) is 9.92. The smallest absolute Gasteiger partial charge is 0.264 e. The van der Waals surface area contributed by atoms with E-state index in [1.807, 2.05) is 39.9 Å². The van der Waals surface area contributed by atoms with Crippen LogP contribution >= 0.6 is 0 Å². The molecule has 0 N–H and O–H groups in total. The van der Waals surface area contributed by atoms with Gasteiger partial charge in [-0.15, -0.1) is 10.2 Å². The molecule has 33 heavy (non-hydrogen) atoms. The van der Waals surface area contributed by atoms with E-state index in [1.54, 1.807) is 0 Å². The number of carbonyl (C=O) groups excluding carboxylic acids is 1. The van der Waals surface area contributed by atoms with Gasteiger partial charge < -0.3 is 23.4 Å². The van der Waals surface area contributed by atoms with Crippen molar-refractivity contribution in [2.75, 3.05) is 33.0 Å². The van der Waals surface area contributed by atoms with Crippen molar-refractivity contribution in [3.63, 3.8) is 0 Å². The fourth-order valence-corrected chi connectivity index (χ4v) is 4.60. The topological polar surface area (TPSA) is 85.9 Å². The quantitative estimate of drug-likeness (QED) is 0.572. The predicted molar refractivity (Wildman–Crippen MR) is 119 cm³/mol. The molecule has 3 aromatic rings. The van der Waals surface area contributed by atoms with Crippen LogP contribution in [0.4, 0.5) is 0 Å². The molecule has 6 rings (SSSR count). The van der Waals surface area contributed by atoms with Gasteiger partial charge in [0.15, 0.2) is 11.5 Å². The Morgan fingerprint density at radius 1 is 1.03 bits per heavy atom. The maximum absolute atomic E-state index is 13.0. The number of aromatic nitrogens is 3. The summed E-state index contributed by atoms with van der Waals surface area (Å²) in [5.74, 6) is 3.32. The van der Waals surface area contributed by atoms with Gasteiger partial charge in [0, 0.05) is 44.8 Å². The van der Waals surface area contributed by atoms with Gasteiger partial charge in [-0.05, 0) is 42.7 Å². The highest BCUT2D eigenvalue weighted by atomic mass is 16.7. The lowest BCUT2D eigenvalue weighted by Gasteiger charge is -2.35. The van der Waals surface area contributed by atoms with E-state index in [9.17, 15) is 4.79 Å². The van der Waals surface area contributed by atoms with Gasteiger partial charge in [-0.1, -0.05) is 12.5 Å². The number of rotatable bonds is 6. The number of ether oxygens (including phenoxy) is 2. The molecule has 9 heteroatoms. The van der Waals surface area contributed by atoms with Crippen LogP contribution in [0.5, 0.6) is 11.5 Å². The van der Waals surface area contributed by atoms with Crippen LogP contribution in [0.3, 0.4) is 0 Å². The lowest BCUT2D eigenvalue weighted by molar-refractivity contribution is -0.133. The molecule has 9 nitrogen and oxygen atoms in total. The molecule has 1 saturated heterocycles. The summed E-state index contributed by atoms with van der Waals surface area (Å²) in [4.78, 5) is 17.3. The Balaban J connectivity index is 1.04. The summed E-state index contributed by atoms with van der Waals surface area (Å²) < 4.78 is 18.7. The summed E-state index contributed by atoms with van der Waals surface area (Å²) >= 11 is 0. The minimum absolute atomic E-state index is 0.105. The van der Waals surface area contributed by atoms with E-state index in [1.165, 1.54) is 12.0 Å². The molecular formula is C24H27N5O4. The van der Waals surface area contributed by atoms with Gasteiger partial charge in [-0.25, -0.2) is 0 Å². The number of carbonyl (C=O) groups is 1. The Morgan fingerprint density at radius 2 is 1.88 bits per heavy atom. The normalized spacial score (nSPS) is 18.5. The Bertz CT molecular complexity index is 1140. The van der Waals surface area contributed by atoms with Crippen LogP contribution in [0.1, 0.15) is 36.6 Å². The number of fused-ring (bicyclic) bond motifs is 1. The SMILES string of the molecule is O=C(Cn1cccc1-c1nnc(C2CCC2)o1)N1CCN(Cc2ccc3c(c2)OCO3)CC1. The first-order chi connectivity index (χ1) is 16.2. The van der Waals surface area contributed by atoms with Crippen LogP contribution in [0.15, 0.2) is 40.9 Å². The van der Waals surface area contributed by atoms with E-state index in [4.69, 9.17) is 13.9 Å². The maximum Gasteiger partial charge on any atom is 0.264 e. The van der Waals surface area contributed by atoms with Crippen LogP contribution in [0, 0.1) is 0 Å². The van der Waals surface area contributed by atoms with E-state index in [0.29, 0.717) is 30.8 Å². The summed E-state index contributed by atoms with van der Waals surface area (Å²) in [7, 11) is 0. The zero-order valence-electron chi connectivity index (χ0n) is 18.5. The fraction of sp³-hybridized carbons (Fsp3) is 0.458. The average Bonchev–Trinajstić information content (AvgIpc) is 3.53. The van der Waals surface area contributed by atoms with Crippen molar-refractivity contribution in [2.24, 2.45) is 0 Å². The summed E-state index contributed by atoms with van der Waals surface area (Å²) in [6.45, 7) is 4.50. The van der Waals surface area contributed by atoms with Gasteiger partial charge in [0.25, 0.3) is 5.89 Å². The van der Waals surface area contributed by atoms with Crippen molar-refractivity contribution in [2.45, 2.75) is 38.3 Å². The second kappa shape index (κ2) is 8.55. The van der Waals surface area contributed by atoms with Crippen molar-refractivity contribution in [3.8, 4) is 23.1 Å². The molecule has 0 spiro atoms. The Morgan fingerprint density at radius 3 is 2.70 bits per heavy atom.